The highest BCUT2D eigenvalue weighted by Gasteiger charge is 2.29. The Kier molecular flexibility index (Phi) is 9.96. The Hall–Kier alpha value is -1.93. The minimum atomic E-state index is -0.376. The standard InChI is InChI=1S/C22H31Cl2N5O2/c1-6-26-14-19(25-4)18-9-8-17(20(23)21(18)24)15(3)27-22(30)29(31-7-2)16-10-12-28(5)13-11-16/h6,8-9,14-16H,4,7,10-13H2,1-3,5H3,(H,27,30)/b19-14-,26-6-. The molecule has 1 aliphatic heterocycles. The Morgan fingerprint density at radius 1 is 1.39 bits per heavy atom. The number of carbonyl (C=O) groups is 1. The van der Waals surface area contributed by atoms with E-state index in [-0.39, 0.29) is 18.1 Å². The molecule has 1 unspecified atom stereocenters. The number of piperidine rings is 1. The van der Waals surface area contributed by atoms with E-state index in [4.69, 9.17) is 28.0 Å². The van der Waals surface area contributed by atoms with Crippen LogP contribution < -0.4 is 5.32 Å². The van der Waals surface area contributed by atoms with Crippen molar-refractivity contribution in [3.63, 3.8) is 0 Å². The van der Waals surface area contributed by atoms with Crippen molar-refractivity contribution in [2.75, 3.05) is 26.7 Å². The highest BCUT2D eigenvalue weighted by atomic mass is 35.5. The summed E-state index contributed by atoms with van der Waals surface area (Å²) in [5, 5.41) is 5.14. The van der Waals surface area contributed by atoms with Crippen LogP contribution in [-0.2, 0) is 4.84 Å². The lowest BCUT2D eigenvalue weighted by Crippen LogP contribution is -2.50. The van der Waals surface area contributed by atoms with Gasteiger partial charge in [0.2, 0.25) is 0 Å². The number of halogens is 2. The van der Waals surface area contributed by atoms with Gasteiger partial charge in [-0.05, 0) is 66.0 Å². The molecule has 0 saturated carbocycles. The number of hydroxylamine groups is 2. The lowest BCUT2D eigenvalue weighted by Gasteiger charge is -2.36. The first-order chi connectivity index (χ1) is 14.8. The fourth-order valence-corrected chi connectivity index (χ4v) is 4.06. The van der Waals surface area contributed by atoms with Crippen LogP contribution in [0.2, 0.25) is 10.0 Å². The monoisotopic (exact) mass is 467 g/mol. The Labute approximate surface area is 194 Å². The summed E-state index contributed by atoms with van der Waals surface area (Å²) < 4.78 is 0. The molecule has 170 valence electrons. The second kappa shape index (κ2) is 12.2. The predicted octanol–water partition coefficient (Wildman–Crippen LogP) is 5.20. The first-order valence-electron chi connectivity index (χ1n) is 10.4. The van der Waals surface area contributed by atoms with Gasteiger partial charge in [0.15, 0.2) is 0 Å². The number of hydrogen-bond donors (Lipinski definition) is 1. The fourth-order valence-electron chi connectivity index (χ4n) is 3.46. The summed E-state index contributed by atoms with van der Waals surface area (Å²) in [7, 11) is 2.08. The van der Waals surface area contributed by atoms with Crippen molar-refractivity contribution >= 4 is 47.9 Å². The van der Waals surface area contributed by atoms with Crippen molar-refractivity contribution in [2.45, 2.75) is 45.7 Å². The second-order valence-corrected chi connectivity index (χ2v) is 8.12. The maximum Gasteiger partial charge on any atom is 0.342 e. The van der Waals surface area contributed by atoms with Gasteiger partial charge in [-0.2, -0.15) is 0 Å². The number of nitrogens with one attached hydrogen (secondary N) is 1. The number of likely N-dealkylation sites (tertiary alicyclic amines) is 1. The number of amides is 2. The molecular formula is C22H31Cl2N5O2. The molecule has 2 amide bonds. The summed E-state index contributed by atoms with van der Waals surface area (Å²) in [4.78, 5) is 29.0. The number of carbonyl (C=O) groups excluding carboxylic acids is 1. The Morgan fingerprint density at radius 2 is 2.06 bits per heavy atom. The highest BCUT2D eigenvalue weighted by molar-refractivity contribution is 6.43. The van der Waals surface area contributed by atoms with E-state index in [2.05, 4.69) is 34.0 Å². The number of nitrogens with zero attached hydrogens (tertiary/aromatic N) is 4. The van der Waals surface area contributed by atoms with E-state index in [0.29, 0.717) is 33.5 Å². The quantitative estimate of drug-likeness (QED) is 0.421. The maximum absolute atomic E-state index is 13.0. The number of benzene rings is 1. The van der Waals surface area contributed by atoms with Gasteiger partial charge in [-0.15, -0.1) is 0 Å². The summed E-state index contributed by atoms with van der Waals surface area (Å²) in [6.07, 6.45) is 4.94. The summed E-state index contributed by atoms with van der Waals surface area (Å²) in [6.45, 7) is 11.4. The van der Waals surface area contributed by atoms with Crippen LogP contribution in [0, 0.1) is 0 Å². The molecule has 1 atom stereocenters. The zero-order valence-electron chi connectivity index (χ0n) is 18.6. The normalized spacial score (nSPS) is 17.0. The van der Waals surface area contributed by atoms with Crippen LogP contribution in [-0.4, -0.2) is 61.7 Å². The Balaban J connectivity index is 2.20. The van der Waals surface area contributed by atoms with E-state index in [1.54, 1.807) is 25.4 Å². The summed E-state index contributed by atoms with van der Waals surface area (Å²) in [5.74, 6) is 0. The molecule has 2 rings (SSSR count). The number of rotatable bonds is 8. The zero-order chi connectivity index (χ0) is 23.0. The number of urea groups is 1. The van der Waals surface area contributed by atoms with E-state index in [0.717, 1.165) is 25.9 Å². The van der Waals surface area contributed by atoms with Gasteiger partial charge >= 0.3 is 6.03 Å². The van der Waals surface area contributed by atoms with Gasteiger partial charge in [-0.3, -0.25) is 14.8 Å². The van der Waals surface area contributed by atoms with Gasteiger partial charge in [0.05, 0.1) is 40.6 Å². The molecule has 1 heterocycles. The van der Waals surface area contributed by atoms with Crippen molar-refractivity contribution in [1.29, 1.82) is 0 Å². The van der Waals surface area contributed by atoms with Crippen molar-refractivity contribution in [3.05, 3.63) is 39.5 Å². The maximum atomic E-state index is 13.0. The summed E-state index contributed by atoms with van der Waals surface area (Å²) in [5.41, 5.74) is 1.83. The van der Waals surface area contributed by atoms with Gasteiger partial charge in [-0.1, -0.05) is 35.3 Å². The Bertz CT molecular complexity index is 835. The van der Waals surface area contributed by atoms with Crippen LogP contribution in [0.1, 0.15) is 50.8 Å². The molecule has 0 bridgehead atoms. The molecule has 1 saturated heterocycles. The van der Waals surface area contributed by atoms with E-state index in [9.17, 15) is 4.79 Å². The van der Waals surface area contributed by atoms with E-state index in [1.165, 1.54) is 5.06 Å². The molecule has 1 fully saturated rings. The lowest BCUT2D eigenvalue weighted by atomic mass is 10.0. The zero-order valence-corrected chi connectivity index (χ0v) is 20.1. The van der Waals surface area contributed by atoms with Crippen LogP contribution in [0.15, 0.2) is 28.3 Å². The van der Waals surface area contributed by atoms with Gasteiger partial charge in [0.1, 0.15) is 0 Å². The molecule has 0 spiro atoms. The number of aliphatic imine (C=N–C) groups is 2. The van der Waals surface area contributed by atoms with Crippen molar-refractivity contribution in [3.8, 4) is 0 Å². The molecule has 9 heteroatoms. The highest BCUT2D eigenvalue weighted by Crippen LogP contribution is 2.36. The van der Waals surface area contributed by atoms with E-state index >= 15 is 0 Å². The molecule has 0 aliphatic carbocycles. The summed E-state index contributed by atoms with van der Waals surface area (Å²) >= 11 is 13.1. The smallest absolute Gasteiger partial charge is 0.330 e. The van der Waals surface area contributed by atoms with Crippen LogP contribution >= 0.6 is 23.2 Å². The van der Waals surface area contributed by atoms with Crippen LogP contribution in [0.5, 0.6) is 0 Å². The molecular weight excluding hydrogens is 437 g/mol. The van der Waals surface area contributed by atoms with Gasteiger partial charge in [0, 0.05) is 11.8 Å². The van der Waals surface area contributed by atoms with Crippen molar-refractivity contribution < 1.29 is 9.63 Å². The molecule has 1 aromatic carbocycles. The average Bonchev–Trinajstić information content (AvgIpc) is 2.75. The molecule has 1 N–H and O–H groups in total. The summed E-state index contributed by atoms with van der Waals surface area (Å²) in [6, 6.07) is 3.00. The van der Waals surface area contributed by atoms with Crippen LogP contribution in [0.3, 0.4) is 0 Å². The third kappa shape index (κ3) is 6.53. The number of hydrogen-bond acceptors (Lipinski definition) is 5. The third-order valence-corrected chi connectivity index (χ3v) is 6.10. The second-order valence-electron chi connectivity index (χ2n) is 7.36. The van der Waals surface area contributed by atoms with Gasteiger partial charge in [-0.25, -0.2) is 9.86 Å². The minimum absolute atomic E-state index is 0.0373. The van der Waals surface area contributed by atoms with E-state index in [1.807, 2.05) is 19.9 Å². The predicted molar refractivity (Wildman–Crippen MR) is 129 cm³/mol. The molecule has 0 radical (unpaired) electrons. The lowest BCUT2D eigenvalue weighted by molar-refractivity contribution is -0.148. The minimum Gasteiger partial charge on any atom is -0.330 e. The molecule has 31 heavy (non-hydrogen) atoms. The SMILES string of the molecule is C=N/C(=C\N=C/C)c1ccc(C(C)NC(=O)N(OCC)C2CCN(C)CC2)c(Cl)c1Cl. The van der Waals surface area contributed by atoms with Gasteiger partial charge in [0.25, 0.3) is 0 Å². The average molecular weight is 468 g/mol. The van der Waals surface area contributed by atoms with Crippen LogP contribution in [0.4, 0.5) is 4.79 Å². The third-order valence-electron chi connectivity index (χ3n) is 5.20. The van der Waals surface area contributed by atoms with Crippen LogP contribution in [0.25, 0.3) is 5.70 Å². The molecule has 0 aromatic heterocycles. The first-order valence-corrected chi connectivity index (χ1v) is 11.1. The first kappa shape index (κ1) is 25.3. The topological polar surface area (TPSA) is 69.5 Å². The largest absolute Gasteiger partial charge is 0.342 e. The van der Waals surface area contributed by atoms with Crippen molar-refractivity contribution in [1.82, 2.24) is 15.3 Å². The molecule has 1 aliphatic rings. The molecule has 7 nitrogen and oxygen atoms in total. The molecule has 1 aromatic rings. The van der Waals surface area contributed by atoms with Crippen molar-refractivity contribution in [2.24, 2.45) is 9.98 Å². The Morgan fingerprint density at radius 3 is 2.65 bits per heavy atom. The van der Waals surface area contributed by atoms with Gasteiger partial charge < -0.3 is 10.2 Å². The fraction of sp³-hybridized carbons (Fsp3) is 0.500. The van der Waals surface area contributed by atoms with E-state index < -0.39 is 0 Å².